The quantitative estimate of drug-likeness (QED) is 0.712. The van der Waals surface area contributed by atoms with E-state index in [4.69, 9.17) is 5.26 Å². The van der Waals surface area contributed by atoms with Gasteiger partial charge in [0, 0.05) is 0 Å². The summed E-state index contributed by atoms with van der Waals surface area (Å²) in [5.74, 6) is -1.11. The van der Waals surface area contributed by atoms with Crippen molar-refractivity contribution in [1.29, 1.82) is 5.26 Å². The molecule has 0 atom stereocenters. The molecule has 0 aromatic heterocycles. The lowest BCUT2D eigenvalue weighted by molar-refractivity contribution is -0.138. The van der Waals surface area contributed by atoms with E-state index in [0.29, 0.717) is 0 Å². The first-order valence-corrected chi connectivity index (χ1v) is 4.51. The average molecular weight is 243 g/mol. The maximum atomic E-state index is 12.8. The summed E-state index contributed by atoms with van der Waals surface area (Å²) in [6.07, 6.45) is -4.67. The van der Waals surface area contributed by atoms with E-state index in [-0.39, 0.29) is 11.1 Å². The fraction of sp³-hybridized carbons (Fsp3) is 0.273. The number of esters is 1. The standard InChI is InChI=1S/C11H8F3NO2/c1-6-3-7(5-15)4-8(10(16)17-2)9(6)11(12,13)14/h3-4H,1-2H3. The maximum Gasteiger partial charge on any atom is 0.417 e. The lowest BCUT2D eigenvalue weighted by Crippen LogP contribution is -2.16. The van der Waals surface area contributed by atoms with E-state index in [1.165, 1.54) is 6.92 Å². The number of aryl methyl sites for hydroxylation is 1. The molecule has 0 unspecified atom stereocenters. The zero-order valence-corrected chi connectivity index (χ0v) is 9.05. The maximum absolute atomic E-state index is 12.8. The van der Waals surface area contributed by atoms with E-state index in [1.807, 2.05) is 0 Å². The SMILES string of the molecule is COC(=O)c1cc(C#N)cc(C)c1C(F)(F)F. The molecule has 17 heavy (non-hydrogen) atoms. The van der Waals surface area contributed by atoms with Crippen LogP contribution in [0.1, 0.15) is 27.0 Å². The minimum atomic E-state index is -4.67. The molecule has 6 heteroatoms. The van der Waals surface area contributed by atoms with Gasteiger partial charge in [0.05, 0.1) is 29.9 Å². The van der Waals surface area contributed by atoms with Crippen molar-refractivity contribution < 1.29 is 22.7 Å². The van der Waals surface area contributed by atoms with Crippen molar-refractivity contribution in [1.82, 2.24) is 0 Å². The lowest BCUT2D eigenvalue weighted by Gasteiger charge is -2.14. The zero-order chi connectivity index (χ0) is 13.2. The molecule has 0 radical (unpaired) electrons. The van der Waals surface area contributed by atoms with Crippen LogP contribution in [0.4, 0.5) is 13.2 Å². The molecular formula is C11H8F3NO2. The van der Waals surface area contributed by atoms with Crippen LogP contribution in [-0.2, 0) is 10.9 Å². The molecule has 0 saturated heterocycles. The fourth-order valence-corrected chi connectivity index (χ4v) is 1.50. The van der Waals surface area contributed by atoms with Gasteiger partial charge in [0.2, 0.25) is 0 Å². The molecule has 0 spiro atoms. The Kier molecular flexibility index (Phi) is 3.42. The number of halogens is 3. The Morgan fingerprint density at radius 3 is 2.41 bits per heavy atom. The van der Waals surface area contributed by atoms with E-state index < -0.39 is 23.3 Å². The zero-order valence-electron chi connectivity index (χ0n) is 9.05. The molecule has 1 aromatic carbocycles. The van der Waals surface area contributed by atoms with Crippen LogP contribution < -0.4 is 0 Å². The predicted octanol–water partition coefficient (Wildman–Crippen LogP) is 2.67. The molecule has 90 valence electrons. The molecule has 1 rings (SSSR count). The van der Waals surface area contributed by atoms with Crippen LogP contribution in [0.5, 0.6) is 0 Å². The van der Waals surface area contributed by atoms with E-state index in [9.17, 15) is 18.0 Å². The Balaban J connectivity index is 3.58. The summed E-state index contributed by atoms with van der Waals surface area (Å²) in [6, 6.07) is 3.65. The Morgan fingerprint density at radius 1 is 1.41 bits per heavy atom. The summed E-state index contributed by atoms with van der Waals surface area (Å²) < 4.78 is 42.5. The van der Waals surface area contributed by atoms with Gasteiger partial charge in [0.1, 0.15) is 0 Å². The van der Waals surface area contributed by atoms with Gasteiger partial charge >= 0.3 is 12.1 Å². The molecule has 0 heterocycles. The van der Waals surface area contributed by atoms with Gasteiger partial charge in [-0.2, -0.15) is 18.4 Å². The lowest BCUT2D eigenvalue weighted by atomic mass is 9.98. The fourth-order valence-electron chi connectivity index (χ4n) is 1.50. The molecule has 0 aliphatic heterocycles. The second kappa shape index (κ2) is 4.45. The van der Waals surface area contributed by atoms with Gasteiger partial charge in [-0.15, -0.1) is 0 Å². The number of ether oxygens (including phenoxy) is 1. The number of nitriles is 1. The Labute approximate surface area is 95.4 Å². The number of nitrogens with zero attached hydrogens (tertiary/aromatic N) is 1. The second-order valence-electron chi connectivity index (χ2n) is 3.32. The molecular weight excluding hydrogens is 235 g/mol. The Bertz CT molecular complexity index is 501. The van der Waals surface area contributed by atoms with E-state index in [0.717, 1.165) is 19.2 Å². The normalized spacial score (nSPS) is 10.8. The number of carbonyl (C=O) groups is 1. The third-order valence-corrected chi connectivity index (χ3v) is 2.15. The molecule has 3 nitrogen and oxygen atoms in total. The minimum Gasteiger partial charge on any atom is -0.465 e. The van der Waals surface area contributed by atoms with Crippen molar-refractivity contribution in [3.8, 4) is 6.07 Å². The van der Waals surface area contributed by atoms with Crippen LogP contribution in [0.3, 0.4) is 0 Å². The molecule has 0 amide bonds. The molecule has 0 bridgehead atoms. The highest BCUT2D eigenvalue weighted by atomic mass is 19.4. The van der Waals surface area contributed by atoms with Crippen molar-refractivity contribution in [2.75, 3.05) is 7.11 Å². The van der Waals surface area contributed by atoms with Crippen LogP contribution in [0.25, 0.3) is 0 Å². The summed E-state index contributed by atoms with van der Waals surface area (Å²) in [7, 11) is 0.983. The van der Waals surface area contributed by atoms with Crippen LogP contribution in [-0.4, -0.2) is 13.1 Å². The highest BCUT2D eigenvalue weighted by molar-refractivity contribution is 5.92. The molecule has 0 N–H and O–H groups in total. The number of rotatable bonds is 1. The Morgan fingerprint density at radius 2 is 2.00 bits per heavy atom. The summed E-state index contributed by atoms with van der Waals surface area (Å²) in [5, 5.41) is 8.65. The predicted molar refractivity (Wildman–Crippen MR) is 52.2 cm³/mol. The Hall–Kier alpha value is -2.03. The van der Waals surface area contributed by atoms with Crippen LogP contribution >= 0.6 is 0 Å². The van der Waals surface area contributed by atoms with Crippen LogP contribution in [0.2, 0.25) is 0 Å². The van der Waals surface area contributed by atoms with Crippen LogP contribution in [0.15, 0.2) is 12.1 Å². The first kappa shape index (κ1) is 13.0. The molecule has 1 aromatic rings. The molecule has 0 saturated carbocycles. The van der Waals surface area contributed by atoms with Crippen molar-refractivity contribution in [3.05, 3.63) is 34.4 Å². The third-order valence-electron chi connectivity index (χ3n) is 2.15. The van der Waals surface area contributed by atoms with Gasteiger partial charge in [-0.1, -0.05) is 0 Å². The van der Waals surface area contributed by atoms with Gasteiger partial charge in [-0.05, 0) is 24.6 Å². The largest absolute Gasteiger partial charge is 0.465 e. The molecule has 0 aliphatic carbocycles. The van der Waals surface area contributed by atoms with Gasteiger partial charge in [0.25, 0.3) is 0 Å². The van der Waals surface area contributed by atoms with E-state index in [2.05, 4.69) is 4.74 Å². The third kappa shape index (κ3) is 2.56. The van der Waals surface area contributed by atoms with Crippen molar-refractivity contribution >= 4 is 5.97 Å². The minimum absolute atomic E-state index is 0.0177. The molecule has 0 aliphatic rings. The topological polar surface area (TPSA) is 50.1 Å². The highest BCUT2D eigenvalue weighted by Crippen LogP contribution is 2.35. The molecule has 0 fully saturated rings. The van der Waals surface area contributed by atoms with Crippen LogP contribution in [0, 0.1) is 18.3 Å². The number of hydrogen-bond acceptors (Lipinski definition) is 3. The smallest absolute Gasteiger partial charge is 0.417 e. The average Bonchev–Trinajstić information content (AvgIpc) is 2.24. The first-order chi connectivity index (χ1) is 7.81. The summed E-state index contributed by atoms with van der Waals surface area (Å²) in [4.78, 5) is 11.3. The van der Waals surface area contributed by atoms with Crippen molar-refractivity contribution in [2.45, 2.75) is 13.1 Å². The highest BCUT2D eigenvalue weighted by Gasteiger charge is 2.37. The van der Waals surface area contributed by atoms with Gasteiger partial charge in [-0.3, -0.25) is 0 Å². The summed E-state index contributed by atoms with van der Waals surface area (Å²) >= 11 is 0. The van der Waals surface area contributed by atoms with Gasteiger partial charge < -0.3 is 4.74 Å². The van der Waals surface area contributed by atoms with Crippen molar-refractivity contribution in [2.24, 2.45) is 0 Å². The second-order valence-corrected chi connectivity index (χ2v) is 3.32. The summed E-state index contributed by atoms with van der Waals surface area (Å²) in [5.41, 5.74) is -1.91. The number of methoxy groups -OCH3 is 1. The number of alkyl halides is 3. The van der Waals surface area contributed by atoms with E-state index >= 15 is 0 Å². The van der Waals surface area contributed by atoms with Crippen molar-refractivity contribution in [3.63, 3.8) is 0 Å². The first-order valence-electron chi connectivity index (χ1n) is 4.51. The van der Waals surface area contributed by atoms with Gasteiger partial charge in [0.15, 0.2) is 0 Å². The summed E-state index contributed by atoms with van der Waals surface area (Å²) in [6.45, 7) is 1.19. The number of carbonyl (C=O) groups excluding carboxylic acids is 1. The number of benzene rings is 1. The van der Waals surface area contributed by atoms with E-state index in [1.54, 1.807) is 6.07 Å². The number of hydrogen-bond donors (Lipinski definition) is 0. The van der Waals surface area contributed by atoms with Gasteiger partial charge in [-0.25, -0.2) is 4.79 Å². The monoisotopic (exact) mass is 243 g/mol.